The van der Waals surface area contributed by atoms with Gasteiger partial charge in [0.15, 0.2) is 5.16 Å². The Morgan fingerprint density at radius 3 is 2.52 bits per heavy atom. The van der Waals surface area contributed by atoms with Gasteiger partial charge in [-0.1, -0.05) is 48.2 Å². The fourth-order valence-corrected chi connectivity index (χ4v) is 3.55. The van der Waals surface area contributed by atoms with Crippen molar-refractivity contribution in [3.8, 4) is 0 Å². The third-order valence-electron chi connectivity index (χ3n) is 4.25. The van der Waals surface area contributed by atoms with Gasteiger partial charge < -0.3 is 15.2 Å². The average Bonchev–Trinajstić information content (AvgIpc) is 3.03. The van der Waals surface area contributed by atoms with Crippen molar-refractivity contribution in [2.24, 2.45) is 0 Å². The molecule has 0 unspecified atom stereocenters. The molecule has 0 spiro atoms. The number of thioether (sulfide) groups is 1. The molecule has 0 aliphatic rings. The zero-order valence-corrected chi connectivity index (χ0v) is 17.4. The quantitative estimate of drug-likeness (QED) is 0.582. The SMILES string of the molecule is CC(=O)Nc1cc(NC(=O)CSc2nnc(C)n2Cc2ccccc2)ccc1C. The summed E-state index contributed by atoms with van der Waals surface area (Å²) < 4.78 is 1.99. The molecular weight excluding hydrogens is 386 g/mol. The normalized spacial score (nSPS) is 10.6. The molecule has 3 aromatic rings. The number of hydrogen-bond donors (Lipinski definition) is 2. The van der Waals surface area contributed by atoms with Crippen LogP contribution >= 0.6 is 11.8 Å². The number of carbonyl (C=O) groups is 2. The van der Waals surface area contributed by atoms with Crippen molar-refractivity contribution in [1.82, 2.24) is 14.8 Å². The topological polar surface area (TPSA) is 88.9 Å². The zero-order chi connectivity index (χ0) is 20.8. The second-order valence-electron chi connectivity index (χ2n) is 6.65. The second-order valence-corrected chi connectivity index (χ2v) is 7.59. The van der Waals surface area contributed by atoms with Gasteiger partial charge >= 0.3 is 0 Å². The van der Waals surface area contributed by atoms with Gasteiger partial charge in [-0.15, -0.1) is 10.2 Å². The summed E-state index contributed by atoms with van der Waals surface area (Å²) in [7, 11) is 0. The number of aryl methyl sites for hydroxylation is 2. The van der Waals surface area contributed by atoms with Gasteiger partial charge in [-0.05, 0) is 37.1 Å². The molecule has 3 rings (SSSR count). The molecule has 150 valence electrons. The maximum absolute atomic E-state index is 12.4. The highest BCUT2D eigenvalue weighted by Crippen LogP contribution is 2.22. The first kappa shape index (κ1) is 20.6. The monoisotopic (exact) mass is 409 g/mol. The number of anilines is 2. The van der Waals surface area contributed by atoms with Gasteiger partial charge in [0, 0.05) is 18.3 Å². The summed E-state index contributed by atoms with van der Waals surface area (Å²) in [6.07, 6.45) is 0. The molecule has 0 bridgehead atoms. The maximum Gasteiger partial charge on any atom is 0.234 e. The predicted octanol–water partition coefficient (Wildman–Crippen LogP) is 3.63. The molecule has 0 saturated heterocycles. The Kier molecular flexibility index (Phi) is 6.66. The van der Waals surface area contributed by atoms with E-state index < -0.39 is 0 Å². The molecule has 0 saturated carbocycles. The number of rotatable bonds is 7. The summed E-state index contributed by atoms with van der Waals surface area (Å²) >= 11 is 1.34. The largest absolute Gasteiger partial charge is 0.326 e. The molecule has 2 N–H and O–H groups in total. The van der Waals surface area contributed by atoms with E-state index in [1.54, 1.807) is 6.07 Å². The van der Waals surface area contributed by atoms with Crippen LogP contribution in [0.3, 0.4) is 0 Å². The molecular formula is C21H23N5O2S. The van der Waals surface area contributed by atoms with E-state index in [0.717, 1.165) is 17.0 Å². The lowest BCUT2D eigenvalue weighted by Gasteiger charge is -2.11. The van der Waals surface area contributed by atoms with Crippen LogP contribution in [0.15, 0.2) is 53.7 Å². The zero-order valence-electron chi connectivity index (χ0n) is 16.6. The second kappa shape index (κ2) is 9.38. The smallest absolute Gasteiger partial charge is 0.234 e. The number of amides is 2. The lowest BCUT2D eigenvalue weighted by atomic mass is 10.2. The molecule has 0 radical (unpaired) electrons. The van der Waals surface area contributed by atoms with Crippen molar-refractivity contribution in [3.63, 3.8) is 0 Å². The predicted molar refractivity (Wildman–Crippen MR) is 115 cm³/mol. The minimum Gasteiger partial charge on any atom is -0.326 e. The van der Waals surface area contributed by atoms with Gasteiger partial charge in [-0.25, -0.2) is 0 Å². The molecule has 7 nitrogen and oxygen atoms in total. The first-order chi connectivity index (χ1) is 13.9. The highest BCUT2D eigenvalue weighted by molar-refractivity contribution is 7.99. The molecule has 0 aliphatic carbocycles. The molecule has 0 aliphatic heterocycles. The van der Waals surface area contributed by atoms with Crippen LogP contribution in [0.4, 0.5) is 11.4 Å². The lowest BCUT2D eigenvalue weighted by molar-refractivity contribution is -0.114. The molecule has 2 aromatic carbocycles. The van der Waals surface area contributed by atoms with E-state index in [1.807, 2.05) is 60.9 Å². The van der Waals surface area contributed by atoms with Crippen LogP contribution in [0, 0.1) is 13.8 Å². The van der Waals surface area contributed by atoms with Gasteiger partial charge in [0.25, 0.3) is 0 Å². The molecule has 0 fully saturated rings. The minimum absolute atomic E-state index is 0.153. The van der Waals surface area contributed by atoms with E-state index in [1.165, 1.54) is 18.7 Å². The lowest BCUT2D eigenvalue weighted by Crippen LogP contribution is -2.15. The highest BCUT2D eigenvalue weighted by Gasteiger charge is 2.13. The highest BCUT2D eigenvalue weighted by atomic mass is 32.2. The standard InChI is InChI=1S/C21H23N5O2S/c1-14-9-10-18(11-19(14)22-16(3)27)23-20(28)13-29-21-25-24-15(2)26(21)12-17-7-5-4-6-8-17/h4-11H,12-13H2,1-3H3,(H,22,27)(H,23,28). The van der Waals surface area contributed by atoms with Crippen LogP contribution in [0.25, 0.3) is 0 Å². The molecule has 29 heavy (non-hydrogen) atoms. The van der Waals surface area contributed by atoms with Crippen LogP contribution in [-0.4, -0.2) is 32.3 Å². The van der Waals surface area contributed by atoms with Crippen molar-refractivity contribution in [2.75, 3.05) is 16.4 Å². The van der Waals surface area contributed by atoms with Crippen molar-refractivity contribution in [2.45, 2.75) is 32.5 Å². The third kappa shape index (κ3) is 5.68. The Labute approximate surface area is 173 Å². The van der Waals surface area contributed by atoms with Crippen molar-refractivity contribution < 1.29 is 9.59 Å². The number of nitrogens with one attached hydrogen (secondary N) is 2. The van der Waals surface area contributed by atoms with Gasteiger partial charge in [0.2, 0.25) is 11.8 Å². The summed E-state index contributed by atoms with van der Waals surface area (Å²) in [5.74, 6) is 0.700. The van der Waals surface area contributed by atoms with E-state index in [4.69, 9.17) is 0 Å². The van der Waals surface area contributed by atoms with Gasteiger partial charge in [0.1, 0.15) is 5.82 Å². The summed E-state index contributed by atoms with van der Waals surface area (Å²) in [6.45, 7) is 5.90. The summed E-state index contributed by atoms with van der Waals surface area (Å²) in [5, 5.41) is 14.7. The van der Waals surface area contributed by atoms with E-state index in [2.05, 4.69) is 20.8 Å². The number of hydrogen-bond acceptors (Lipinski definition) is 5. The Morgan fingerprint density at radius 1 is 1.03 bits per heavy atom. The van der Waals surface area contributed by atoms with Crippen LogP contribution in [0.2, 0.25) is 0 Å². The Hall–Kier alpha value is -3.13. The van der Waals surface area contributed by atoms with Crippen LogP contribution in [-0.2, 0) is 16.1 Å². The van der Waals surface area contributed by atoms with E-state index in [-0.39, 0.29) is 17.6 Å². The van der Waals surface area contributed by atoms with Crippen molar-refractivity contribution >= 4 is 35.0 Å². The van der Waals surface area contributed by atoms with Crippen LogP contribution < -0.4 is 10.6 Å². The molecule has 1 aromatic heterocycles. The number of nitrogens with zero attached hydrogens (tertiary/aromatic N) is 3. The molecule has 0 atom stereocenters. The Balaban J connectivity index is 1.62. The fourth-order valence-electron chi connectivity index (χ4n) is 2.77. The number of carbonyl (C=O) groups excluding carboxylic acids is 2. The first-order valence-electron chi connectivity index (χ1n) is 9.17. The molecule has 1 heterocycles. The van der Waals surface area contributed by atoms with E-state index in [0.29, 0.717) is 23.1 Å². The Bertz CT molecular complexity index is 1020. The first-order valence-corrected chi connectivity index (χ1v) is 10.2. The fraction of sp³-hybridized carbons (Fsp3) is 0.238. The van der Waals surface area contributed by atoms with E-state index in [9.17, 15) is 9.59 Å². The number of aromatic nitrogens is 3. The minimum atomic E-state index is -0.153. The van der Waals surface area contributed by atoms with Crippen molar-refractivity contribution in [1.29, 1.82) is 0 Å². The average molecular weight is 410 g/mol. The third-order valence-corrected chi connectivity index (χ3v) is 5.22. The number of benzene rings is 2. The van der Waals surface area contributed by atoms with Crippen LogP contribution in [0.1, 0.15) is 23.9 Å². The maximum atomic E-state index is 12.4. The van der Waals surface area contributed by atoms with Crippen molar-refractivity contribution in [3.05, 3.63) is 65.5 Å². The van der Waals surface area contributed by atoms with Gasteiger partial charge in [-0.2, -0.15) is 0 Å². The summed E-state index contributed by atoms with van der Waals surface area (Å²) in [4.78, 5) is 23.7. The van der Waals surface area contributed by atoms with Gasteiger partial charge in [-0.3, -0.25) is 9.59 Å². The Morgan fingerprint density at radius 2 is 1.79 bits per heavy atom. The van der Waals surface area contributed by atoms with E-state index >= 15 is 0 Å². The summed E-state index contributed by atoms with van der Waals surface area (Å²) in [5.41, 5.74) is 3.39. The van der Waals surface area contributed by atoms with Gasteiger partial charge in [0.05, 0.1) is 12.3 Å². The summed E-state index contributed by atoms with van der Waals surface area (Å²) in [6, 6.07) is 15.5. The molecule has 8 heteroatoms. The molecule has 2 amide bonds. The van der Waals surface area contributed by atoms with Crippen LogP contribution in [0.5, 0.6) is 0 Å².